The van der Waals surface area contributed by atoms with E-state index in [0.717, 1.165) is 27.2 Å². The predicted octanol–water partition coefficient (Wildman–Crippen LogP) is 4.14. The molecule has 5 nitrogen and oxygen atoms in total. The van der Waals surface area contributed by atoms with Crippen LogP contribution in [0.4, 0.5) is 10.1 Å². The van der Waals surface area contributed by atoms with E-state index in [1.807, 2.05) is 25.1 Å². The number of fused-ring (bicyclic) bond motifs is 2. The van der Waals surface area contributed by atoms with Crippen LogP contribution in [0.15, 0.2) is 47.5 Å². The zero-order valence-electron chi connectivity index (χ0n) is 13.9. The fraction of sp³-hybridized carbons (Fsp3) is 0.158. The lowest BCUT2D eigenvalue weighted by molar-refractivity contribution is -0.113. The topological polar surface area (TPSA) is 60.5 Å². The van der Waals surface area contributed by atoms with Crippen LogP contribution in [0, 0.1) is 12.7 Å². The van der Waals surface area contributed by atoms with Gasteiger partial charge in [-0.3, -0.25) is 4.79 Å². The third-order valence-electron chi connectivity index (χ3n) is 3.92. The van der Waals surface area contributed by atoms with Gasteiger partial charge in [0.25, 0.3) is 0 Å². The number of aromatic nitrogens is 1. The molecule has 1 amide bonds. The number of anilines is 1. The number of nitrogens with zero attached hydrogens (tertiary/aromatic N) is 1. The molecule has 0 bridgehead atoms. The summed E-state index contributed by atoms with van der Waals surface area (Å²) in [5, 5.41) is 4.49. The minimum absolute atomic E-state index is 0.173. The Kier molecular flexibility index (Phi) is 4.38. The number of carbonyl (C=O) groups is 1. The van der Waals surface area contributed by atoms with Crippen LogP contribution in [0.2, 0.25) is 0 Å². The first-order valence-electron chi connectivity index (χ1n) is 7.98. The molecular weight excluding hydrogens is 355 g/mol. The molecule has 26 heavy (non-hydrogen) atoms. The molecule has 0 aliphatic carbocycles. The highest BCUT2D eigenvalue weighted by atomic mass is 32.2. The molecule has 1 aliphatic heterocycles. The van der Waals surface area contributed by atoms with E-state index < -0.39 is 0 Å². The number of rotatable bonds is 4. The molecule has 0 atom stereocenters. The van der Waals surface area contributed by atoms with Crippen molar-refractivity contribution in [2.45, 2.75) is 11.9 Å². The highest BCUT2D eigenvalue weighted by molar-refractivity contribution is 8.00. The molecule has 2 aromatic carbocycles. The molecule has 0 radical (unpaired) electrons. The Hall–Kier alpha value is -2.80. The molecule has 0 saturated heterocycles. The molecule has 1 N–H and O–H groups in total. The van der Waals surface area contributed by atoms with Gasteiger partial charge in [0.2, 0.25) is 12.7 Å². The minimum Gasteiger partial charge on any atom is -0.454 e. The number of benzene rings is 2. The quantitative estimate of drug-likeness (QED) is 0.700. The standard InChI is InChI=1S/C19H15FN2O3S/c1-11-6-12-7-16-17(25-10-24-16)8-15(12)22-19(11)26-9-18(23)21-14-4-2-13(20)3-5-14/h2-8H,9-10H2,1H3,(H,21,23). The van der Waals surface area contributed by atoms with Crippen LogP contribution in [0.1, 0.15) is 5.56 Å². The van der Waals surface area contributed by atoms with Gasteiger partial charge >= 0.3 is 0 Å². The van der Waals surface area contributed by atoms with E-state index in [1.165, 1.54) is 36.0 Å². The number of halogens is 1. The second kappa shape index (κ2) is 6.84. The number of hydrogen-bond acceptors (Lipinski definition) is 5. The average Bonchev–Trinajstić information content (AvgIpc) is 3.07. The summed E-state index contributed by atoms with van der Waals surface area (Å²) in [6.07, 6.45) is 0. The molecule has 1 aliphatic rings. The number of carbonyl (C=O) groups excluding carboxylic acids is 1. The Balaban J connectivity index is 1.48. The lowest BCUT2D eigenvalue weighted by Crippen LogP contribution is -2.14. The molecule has 0 saturated carbocycles. The van der Waals surface area contributed by atoms with Crippen molar-refractivity contribution < 1.29 is 18.7 Å². The lowest BCUT2D eigenvalue weighted by Gasteiger charge is -2.08. The van der Waals surface area contributed by atoms with Crippen molar-refractivity contribution in [1.82, 2.24) is 4.98 Å². The van der Waals surface area contributed by atoms with Gasteiger partial charge in [-0.15, -0.1) is 0 Å². The van der Waals surface area contributed by atoms with Gasteiger partial charge in [0.15, 0.2) is 11.5 Å². The van der Waals surface area contributed by atoms with Crippen LogP contribution >= 0.6 is 11.8 Å². The summed E-state index contributed by atoms with van der Waals surface area (Å²) in [6.45, 7) is 2.17. The van der Waals surface area contributed by atoms with Gasteiger partial charge in [-0.2, -0.15) is 0 Å². The summed E-state index contributed by atoms with van der Waals surface area (Å²) >= 11 is 1.36. The van der Waals surface area contributed by atoms with Gasteiger partial charge in [-0.05, 0) is 48.9 Å². The number of amides is 1. The first-order valence-corrected chi connectivity index (χ1v) is 8.96. The molecule has 0 spiro atoms. The second-order valence-electron chi connectivity index (χ2n) is 5.85. The second-order valence-corrected chi connectivity index (χ2v) is 6.82. The van der Waals surface area contributed by atoms with Crippen LogP contribution in [-0.4, -0.2) is 23.4 Å². The maximum absolute atomic E-state index is 12.9. The smallest absolute Gasteiger partial charge is 0.234 e. The highest BCUT2D eigenvalue weighted by Gasteiger charge is 2.16. The third-order valence-corrected chi connectivity index (χ3v) is 5.01. The van der Waals surface area contributed by atoms with Crippen LogP contribution in [-0.2, 0) is 4.79 Å². The van der Waals surface area contributed by atoms with E-state index in [2.05, 4.69) is 10.3 Å². The first kappa shape index (κ1) is 16.7. The van der Waals surface area contributed by atoms with Gasteiger partial charge in [-0.1, -0.05) is 11.8 Å². The van der Waals surface area contributed by atoms with Crippen LogP contribution < -0.4 is 14.8 Å². The van der Waals surface area contributed by atoms with Crippen molar-refractivity contribution in [2.75, 3.05) is 17.9 Å². The Morgan fingerprint density at radius 2 is 1.92 bits per heavy atom. The summed E-state index contributed by atoms with van der Waals surface area (Å²) in [7, 11) is 0. The molecule has 7 heteroatoms. The maximum Gasteiger partial charge on any atom is 0.234 e. The van der Waals surface area contributed by atoms with Gasteiger partial charge in [0.1, 0.15) is 10.8 Å². The summed E-state index contributed by atoms with van der Waals surface area (Å²) in [5.74, 6) is 1.10. The van der Waals surface area contributed by atoms with Crippen molar-refractivity contribution in [2.24, 2.45) is 0 Å². The Morgan fingerprint density at radius 1 is 1.19 bits per heavy atom. The fourth-order valence-corrected chi connectivity index (χ4v) is 3.45. The molecule has 1 aromatic heterocycles. The molecule has 4 rings (SSSR count). The lowest BCUT2D eigenvalue weighted by atomic mass is 10.1. The largest absolute Gasteiger partial charge is 0.454 e. The SMILES string of the molecule is Cc1cc2cc3c(cc2nc1SCC(=O)Nc1ccc(F)cc1)OCO3. The van der Waals surface area contributed by atoms with Crippen molar-refractivity contribution in [3.05, 3.63) is 53.8 Å². The van der Waals surface area contributed by atoms with Crippen molar-refractivity contribution in [3.8, 4) is 11.5 Å². The number of pyridine rings is 1. The fourth-order valence-electron chi connectivity index (χ4n) is 2.66. The molecule has 0 fully saturated rings. The Bertz CT molecular complexity index is 992. The Labute approximate surface area is 153 Å². The number of hydrogen-bond donors (Lipinski definition) is 1. The minimum atomic E-state index is -0.339. The first-order chi connectivity index (χ1) is 12.6. The summed E-state index contributed by atoms with van der Waals surface area (Å²) in [4.78, 5) is 16.7. The molecule has 3 aromatic rings. The van der Waals surface area contributed by atoms with E-state index >= 15 is 0 Å². The summed E-state index contributed by atoms with van der Waals surface area (Å²) in [6, 6.07) is 11.4. The molecule has 2 heterocycles. The van der Waals surface area contributed by atoms with Crippen LogP contribution in [0.25, 0.3) is 10.9 Å². The van der Waals surface area contributed by atoms with Crippen molar-refractivity contribution in [3.63, 3.8) is 0 Å². The Morgan fingerprint density at radius 3 is 2.69 bits per heavy atom. The number of aryl methyl sites for hydroxylation is 1. The number of nitrogens with one attached hydrogen (secondary N) is 1. The zero-order chi connectivity index (χ0) is 18.1. The summed E-state index contributed by atoms with van der Waals surface area (Å²) < 4.78 is 23.7. The van der Waals surface area contributed by atoms with Gasteiger partial charge < -0.3 is 14.8 Å². The number of thioether (sulfide) groups is 1. The van der Waals surface area contributed by atoms with Crippen LogP contribution in [0.3, 0.4) is 0 Å². The molecule has 132 valence electrons. The monoisotopic (exact) mass is 370 g/mol. The van der Waals surface area contributed by atoms with Gasteiger partial charge in [-0.25, -0.2) is 9.37 Å². The van der Waals surface area contributed by atoms with Crippen molar-refractivity contribution in [1.29, 1.82) is 0 Å². The summed E-state index contributed by atoms with van der Waals surface area (Å²) in [5.41, 5.74) is 2.34. The number of ether oxygens (including phenoxy) is 2. The molecule has 0 unspecified atom stereocenters. The third kappa shape index (κ3) is 3.43. The predicted molar refractivity (Wildman–Crippen MR) is 98.4 cm³/mol. The zero-order valence-corrected chi connectivity index (χ0v) is 14.7. The van der Waals surface area contributed by atoms with E-state index in [0.29, 0.717) is 11.4 Å². The van der Waals surface area contributed by atoms with Gasteiger partial charge in [0.05, 0.1) is 11.3 Å². The van der Waals surface area contributed by atoms with E-state index in [1.54, 1.807) is 0 Å². The van der Waals surface area contributed by atoms with E-state index in [4.69, 9.17) is 9.47 Å². The van der Waals surface area contributed by atoms with Crippen molar-refractivity contribution >= 4 is 34.3 Å². The van der Waals surface area contributed by atoms with Crippen LogP contribution in [0.5, 0.6) is 11.5 Å². The average molecular weight is 370 g/mol. The van der Waals surface area contributed by atoms with E-state index in [9.17, 15) is 9.18 Å². The van der Waals surface area contributed by atoms with Gasteiger partial charge in [0, 0.05) is 17.1 Å². The highest BCUT2D eigenvalue weighted by Crippen LogP contribution is 2.36. The normalized spacial score (nSPS) is 12.4. The molecular formula is C19H15FN2O3S. The van der Waals surface area contributed by atoms with E-state index in [-0.39, 0.29) is 24.3 Å². The maximum atomic E-state index is 12.9.